The van der Waals surface area contributed by atoms with E-state index in [1.807, 2.05) is 0 Å². The quantitative estimate of drug-likeness (QED) is 0.812. The number of fused-ring (bicyclic) bond motifs is 3. The summed E-state index contributed by atoms with van der Waals surface area (Å²) in [6, 6.07) is 0. The Kier molecular flexibility index (Phi) is 2.69. The van der Waals surface area contributed by atoms with Gasteiger partial charge in [-0.1, -0.05) is 0 Å². The summed E-state index contributed by atoms with van der Waals surface area (Å²) in [6.45, 7) is 1.17. The largest absolute Gasteiger partial charge is 0.475 e. The highest BCUT2D eigenvalue weighted by Crippen LogP contribution is 2.41. The van der Waals surface area contributed by atoms with Crippen LogP contribution in [0.4, 0.5) is 0 Å². The Balaban J connectivity index is 1.87. The Labute approximate surface area is 122 Å². The van der Waals surface area contributed by atoms with Crippen LogP contribution in [0, 0.1) is 0 Å². The molecular weight excluding hydrogens is 296 g/mol. The predicted octanol–water partition coefficient (Wildman–Crippen LogP) is 0.915. The van der Waals surface area contributed by atoms with Crippen LogP contribution in [0.1, 0.15) is 27.5 Å². The van der Waals surface area contributed by atoms with Gasteiger partial charge in [-0.3, -0.25) is 4.79 Å². The number of rotatable bonds is 1. The summed E-state index contributed by atoms with van der Waals surface area (Å²) >= 11 is 1.35. The highest BCUT2D eigenvalue weighted by Gasteiger charge is 2.41. The average molecular weight is 308 g/mol. The number of nitrogens with one attached hydrogen (secondary N) is 1. The molecule has 3 heterocycles. The fourth-order valence-electron chi connectivity index (χ4n) is 3.01. The number of aromatic nitrogens is 2. The zero-order valence-corrected chi connectivity index (χ0v) is 11.8. The van der Waals surface area contributed by atoms with Crippen LogP contribution < -0.4 is 5.56 Å². The number of carboxylic acids is 1. The first-order chi connectivity index (χ1) is 10.1. The van der Waals surface area contributed by atoms with Crippen LogP contribution >= 0.6 is 11.3 Å². The number of hydrogen-bond acceptors (Lipinski definition) is 6. The number of thiophene rings is 1. The zero-order valence-electron chi connectivity index (χ0n) is 11.0. The van der Waals surface area contributed by atoms with Crippen LogP contribution in [-0.2, 0) is 22.3 Å². The van der Waals surface area contributed by atoms with E-state index in [-0.39, 0.29) is 11.4 Å². The lowest BCUT2D eigenvalue weighted by Gasteiger charge is -2.31. The second-order valence-corrected chi connectivity index (χ2v) is 6.27. The number of hydrogen-bond donors (Lipinski definition) is 2. The predicted molar refractivity (Wildman–Crippen MR) is 73.9 cm³/mol. The molecule has 1 aliphatic carbocycles. The van der Waals surface area contributed by atoms with Gasteiger partial charge in [0, 0.05) is 17.7 Å². The van der Waals surface area contributed by atoms with Gasteiger partial charge in [0.15, 0.2) is 5.79 Å². The van der Waals surface area contributed by atoms with Gasteiger partial charge in [-0.25, -0.2) is 9.78 Å². The first-order valence-corrected chi connectivity index (χ1v) is 7.45. The molecule has 0 saturated carbocycles. The molecule has 0 amide bonds. The van der Waals surface area contributed by atoms with Crippen molar-refractivity contribution in [3.05, 3.63) is 26.6 Å². The lowest BCUT2D eigenvalue weighted by Crippen LogP contribution is -2.36. The maximum Gasteiger partial charge on any atom is 0.372 e. The maximum atomic E-state index is 12.1. The number of nitrogens with zero attached hydrogens (tertiary/aromatic N) is 1. The molecule has 2 N–H and O–H groups in total. The first kappa shape index (κ1) is 12.9. The molecule has 0 unspecified atom stereocenters. The van der Waals surface area contributed by atoms with Crippen LogP contribution in [0.25, 0.3) is 10.2 Å². The van der Waals surface area contributed by atoms with Crippen molar-refractivity contribution in [3.63, 3.8) is 0 Å². The lowest BCUT2D eigenvalue weighted by atomic mass is 9.92. The molecule has 110 valence electrons. The van der Waals surface area contributed by atoms with Gasteiger partial charge in [-0.2, -0.15) is 0 Å². The molecule has 2 aromatic rings. The molecule has 4 rings (SSSR count). The zero-order chi connectivity index (χ0) is 14.6. The van der Waals surface area contributed by atoms with Crippen molar-refractivity contribution in [1.29, 1.82) is 0 Å². The smallest absolute Gasteiger partial charge is 0.372 e. The molecule has 0 radical (unpaired) electrons. The summed E-state index contributed by atoms with van der Waals surface area (Å²) in [5.74, 6) is -2.13. The highest BCUT2D eigenvalue weighted by atomic mass is 32.1. The molecule has 0 atom stereocenters. The van der Waals surface area contributed by atoms with Crippen LogP contribution in [0.15, 0.2) is 4.79 Å². The third-order valence-corrected chi connectivity index (χ3v) is 5.07. The van der Waals surface area contributed by atoms with Crippen molar-refractivity contribution in [2.75, 3.05) is 13.2 Å². The van der Waals surface area contributed by atoms with E-state index in [4.69, 9.17) is 14.6 Å². The van der Waals surface area contributed by atoms with Gasteiger partial charge in [-0.05, 0) is 12.0 Å². The van der Waals surface area contributed by atoms with Crippen molar-refractivity contribution in [1.82, 2.24) is 9.97 Å². The van der Waals surface area contributed by atoms with Crippen molar-refractivity contribution in [2.24, 2.45) is 0 Å². The molecule has 1 fully saturated rings. The Morgan fingerprint density at radius 1 is 1.38 bits per heavy atom. The van der Waals surface area contributed by atoms with Crippen molar-refractivity contribution in [3.8, 4) is 0 Å². The number of carbonyl (C=O) groups is 1. The molecule has 2 aliphatic rings. The molecule has 0 aromatic carbocycles. The van der Waals surface area contributed by atoms with E-state index in [9.17, 15) is 9.59 Å². The van der Waals surface area contributed by atoms with Crippen LogP contribution in [0.3, 0.4) is 0 Å². The number of ether oxygens (including phenoxy) is 2. The highest BCUT2D eigenvalue weighted by molar-refractivity contribution is 7.18. The summed E-state index contributed by atoms with van der Waals surface area (Å²) < 4.78 is 11.4. The number of carboxylic acid groups (broad SMARTS) is 1. The summed E-state index contributed by atoms with van der Waals surface area (Å²) in [4.78, 5) is 30.9. The van der Waals surface area contributed by atoms with Crippen molar-refractivity contribution in [2.45, 2.75) is 25.0 Å². The Bertz CT molecular complexity index is 803. The summed E-state index contributed by atoms with van der Waals surface area (Å²) in [5.41, 5.74) is 0.560. The number of aromatic amines is 1. The fourth-order valence-corrected chi connectivity index (χ4v) is 4.32. The standard InChI is InChI=1S/C13H12N2O5S/c16-10-8-6-1-2-13(19-3-4-20-13)5-7(6)21-11(8)15-9(14-10)12(17)18/h1-5H2,(H,17,18)(H,14,15,16). The third-order valence-electron chi connectivity index (χ3n) is 3.95. The molecule has 1 saturated heterocycles. The van der Waals surface area contributed by atoms with Gasteiger partial charge in [0.2, 0.25) is 5.82 Å². The minimum absolute atomic E-state index is 0.325. The van der Waals surface area contributed by atoms with Gasteiger partial charge >= 0.3 is 5.97 Å². The van der Waals surface area contributed by atoms with Crippen molar-refractivity contribution >= 4 is 27.5 Å². The number of aromatic carboxylic acids is 1. The SMILES string of the molecule is O=C(O)c1nc2sc3c(c2c(=O)[nH]1)CCC1(C3)OCCO1. The van der Waals surface area contributed by atoms with E-state index < -0.39 is 11.8 Å². The van der Waals surface area contributed by atoms with E-state index in [2.05, 4.69) is 9.97 Å². The molecule has 0 bridgehead atoms. The van der Waals surface area contributed by atoms with E-state index in [0.29, 0.717) is 42.7 Å². The van der Waals surface area contributed by atoms with E-state index >= 15 is 0 Å². The van der Waals surface area contributed by atoms with Crippen molar-refractivity contribution < 1.29 is 19.4 Å². The van der Waals surface area contributed by atoms with E-state index in [0.717, 1.165) is 10.4 Å². The second-order valence-electron chi connectivity index (χ2n) is 5.19. The molecule has 8 heteroatoms. The normalized spacial score (nSPS) is 20.0. The Hall–Kier alpha value is -1.77. The van der Waals surface area contributed by atoms with E-state index in [1.165, 1.54) is 11.3 Å². The molecule has 7 nitrogen and oxygen atoms in total. The third kappa shape index (κ3) is 1.90. The molecular formula is C13H12N2O5S. The van der Waals surface area contributed by atoms with Gasteiger partial charge in [0.1, 0.15) is 4.83 Å². The lowest BCUT2D eigenvalue weighted by molar-refractivity contribution is -0.163. The van der Waals surface area contributed by atoms with E-state index in [1.54, 1.807) is 0 Å². The van der Waals surface area contributed by atoms with Gasteiger partial charge in [0.25, 0.3) is 5.56 Å². The molecule has 1 spiro atoms. The van der Waals surface area contributed by atoms with Gasteiger partial charge in [0.05, 0.1) is 18.6 Å². The minimum atomic E-state index is -1.24. The second kappa shape index (κ2) is 4.36. The Morgan fingerprint density at radius 3 is 2.86 bits per heavy atom. The fraction of sp³-hybridized carbons (Fsp3) is 0.462. The molecule has 2 aromatic heterocycles. The average Bonchev–Trinajstić information content (AvgIpc) is 3.03. The van der Waals surface area contributed by atoms with Crippen LogP contribution in [0.2, 0.25) is 0 Å². The monoisotopic (exact) mass is 308 g/mol. The molecule has 21 heavy (non-hydrogen) atoms. The maximum absolute atomic E-state index is 12.1. The first-order valence-electron chi connectivity index (χ1n) is 6.64. The molecule has 1 aliphatic heterocycles. The van der Waals surface area contributed by atoms with Crippen LogP contribution in [-0.4, -0.2) is 40.0 Å². The van der Waals surface area contributed by atoms with Crippen LogP contribution in [0.5, 0.6) is 0 Å². The summed E-state index contributed by atoms with van der Waals surface area (Å²) in [5, 5.41) is 9.48. The summed E-state index contributed by atoms with van der Waals surface area (Å²) in [6.07, 6.45) is 1.96. The number of aryl methyl sites for hydroxylation is 1. The number of H-pyrrole nitrogens is 1. The Morgan fingerprint density at radius 2 is 2.14 bits per heavy atom. The van der Waals surface area contributed by atoms with Gasteiger partial charge < -0.3 is 19.6 Å². The topological polar surface area (TPSA) is 102 Å². The van der Waals surface area contributed by atoms with Gasteiger partial charge in [-0.15, -0.1) is 11.3 Å². The summed E-state index contributed by atoms with van der Waals surface area (Å²) in [7, 11) is 0. The minimum Gasteiger partial charge on any atom is -0.475 e.